The number of hydrogen-bond acceptors (Lipinski definition) is 3. The van der Waals surface area contributed by atoms with Gasteiger partial charge in [0.2, 0.25) is 0 Å². The third-order valence-electron chi connectivity index (χ3n) is 3.50. The van der Waals surface area contributed by atoms with Gasteiger partial charge in [0, 0.05) is 17.8 Å². The van der Waals surface area contributed by atoms with E-state index in [1.807, 2.05) is 18.4 Å². The Bertz CT molecular complexity index is 514. The Labute approximate surface area is 111 Å². The minimum atomic E-state index is -0.0182. The quantitative estimate of drug-likeness (QED) is 0.787. The third kappa shape index (κ3) is 1.99. The van der Waals surface area contributed by atoms with Gasteiger partial charge in [-0.1, -0.05) is 23.8 Å². The molecule has 1 atom stereocenters. The summed E-state index contributed by atoms with van der Waals surface area (Å²) >= 11 is 6.29. The van der Waals surface area contributed by atoms with Crippen molar-refractivity contribution in [3.05, 3.63) is 46.5 Å². The summed E-state index contributed by atoms with van der Waals surface area (Å²) in [7, 11) is 0. The zero-order chi connectivity index (χ0) is 12.5. The van der Waals surface area contributed by atoms with E-state index in [4.69, 9.17) is 11.6 Å². The number of aliphatic imine (C=N–C) groups is 1. The number of aliphatic hydroxyl groups excluding tert-OH is 1. The van der Waals surface area contributed by atoms with E-state index in [9.17, 15) is 5.11 Å². The summed E-state index contributed by atoms with van der Waals surface area (Å²) in [4.78, 5) is 6.73. The van der Waals surface area contributed by atoms with Gasteiger partial charge >= 0.3 is 0 Å². The van der Waals surface area contributed by atoms with Gasteiger partial charge < -0.3 is 10.0 Å². The van der Waals surface area contributed by atoms with Crippen molar-refractivity contribution in [1.29, 1.82) is 0 Å². The molecule has 3 rings (SSSR count). The molecule has 2 aliphatic heterocycles. The Kier molecular flexibility index (Phi) is 3.00. The van der Waals surface area contributed by atoms with Gasteiger partial charge in [0.05, 0.1) is 6.04 Å². The predicted molar refractivity (Wildman–Crippen MR) is 73.7 cm³/mol. The molecular weight excluding hydrogens is 248 g/mol. The lowest BCUT2D eigenvalue weighted by atomic mass is 10.1. The van der Waals surface area contributed by atoms with Gasteiger partial charge in [-0.3, -0.25) is 0 Å². The summed E-state index contributed by atoms with van der Waals surface area (Å²) < 4.78 is 0. The fraction of sp³-hybridized carbons (Fsp3) is 0.357. The predicted octanol–water partition coefficient (Wildman–Crippen LogP) is 3.27. The van der Waals surface area contributed by atoms with E-state index in [1.54, 1.807) is 12.2 Å². The van der Waals surface area contributed by atoms with Crippen LogP contribution in [0.5, 0.6) is 0 Å². The third-order valence-corrected chi connectivity index (χ3v) is 3.83. The van der Waals surface area contributed by atoms with Crippen LogP contribution in [0.2, 0.25) is 0 Å². The first-order valence-corrected chi connectivity index (χ1v) is 6.59. The number of aliphatic hydroxyl groups is 1. The highest BCUT2D eigenvalue weighted by Gasteiger charge is 2.29. The van der Waals surface area contributed by atoms with Gasteiger partial charge in [0.25, 0.3) is 0 Å². The maximum absolute atomic E-state index is 9.54. The molecule has 1 N–H and O–H groups in total. The van der Waals surface area contributed by atoms with Crippen LogP contribution in [0.3, 0.4) is 0 Å². The molecule has 0 saturated heterocycles. The van der Waals surface area contributed by atoms with E-state index in [-0.39, 0.29) is 11.8 Å². The van der Waals surface area contributed by atoms with Crippen molar-refractivity contribution in [1.82, 2.24) is 4.90 Å². The van der Waals surface area contributed by atoms with Crippen LogP contribution in [0.4, 0.5) is 0 Å². The monoisotopic (exact) mass is 262 g/mol. The summed E-state index contributed by atoms with van der Waals surface area (Å²) in [6.07, 6.45) is 12.3. The maximum Gasteiger partial charge on any atom is 0.128 e. The fourth-order valence-corrected chi connectivity index (χ4v) is 2.92. The van der Waals surface area contributed by atoms with Crippen molar-refractivity contribution in [3.63, 3.8) is 0 Å². The standard InChI is InChI=1S/C14H15ClN2O/c15-12-9-11(18)4-1-5-13(12)17-8-6-10-3-2-7-16-14(10)17/h1,4-5,7,9,13,18H,2-3,6,8H2/t13-/m1/s1. The van der Waals surface area contributed by atoms with E-state index >= 15 is 0 Å². The van der Waals surface area contributed by atoms with Crippen LogP contribution >= 0.6 is 11.6 Å². The molecule has 0 amide bonds. The van der Waals surface area contributed by atoms with Crippen molar-refractivity contribution in [2.45, 2.75) is 25.3 Å². The van der Waals surface area contributed by atoms with Crippen LogP contribution < -0.4 is 0 Å². The van der Waals surface area contributed by atoms with Crippen LogP contribution in [0, 0.1) is 0 Å². The van der Waals surface area contributed by atoms with E-state index in [2.05, 4.69) is 9.89 Å². The van der Waals surface area contributed by atoms with E-state index in [0.29, 0.717) is 5.03 Å². The molecule has 3 nitrogen and oxygen atoms in total. The highest BCUT2D eigenvalue weighted by Crippen LogP contribution is 2.34. The summed E-state index contributed by atoms with van der Waals surface area (Å²) in [5.41, 5.74) is 1.43. The van der Waals surface area contributed by atoms with E-state index in [1.165, 1.54) is 5.57 Å². The molecule has 94 valence electrons. The minimum absolute atomic E-state index is 0.0182. The van der Waals surface area contributed by atoms with E-state index in [0.717, 1.165) is 31.6 Å². The molecule has 4 heteroatoms. The lowest BCUT2D eigenvalue weighted by Crippen LogP contribution is -2.31. The van der Waals surface area contributed by atoms with Gasteiger partial charge in [0.1, 0.15) is 11.6 Å². The molecule has 0 aromatic rings. The van der Waals surface area contributed by atoms with Crippen LogP contribution in [-0.4, -0.2) is 28.8 Å². The van der Waals surface area contributed by atoms with Crippen LogP contribution in [0.25, 0.3) is 0 Å². The Hall–Kier alpha value is -1.48. The van der Waals surface area contributed by atoms with E-state index < -0.39 is 0 Å². The van der Waals surface area contributed by atoms with Crippen molar-refractivity contribution >= 4 is 17.8 Å². The Morgan fingerprint density at radius 2 is 2.28 bits per heavy atom. The van der Waals surface area contributed by atoms with Crippen molar-refractivity contribution in [3.8, 4) is 0 Å². The van der Waals surface area contributed by atoms with Gasteiger partial charge in [-0.15, -0.1) is 0 Å². The summed E-state index contributed by atoms with van der Waals surface area (Å²) in [6.45, 7) is 0.946. The largest absolute Gasteiger partial charge is 0.508 e. The molecule has 0 spiro atoms. The number of rotatable bonds is 1. The molecule has 0 saturated carbocycles. The summed E-state index contributed by atoms with van der Waals surface area (Å²) in [5.74, 6) is 1.27. The van der Waals surface area contributed by atoms with Crippen molar-refractivity contribution in [2.24, 2.45) is 4.99 Å². The highest BCUT2D eigenvalue weighted by atomic mass is 35.5. The zero-order valence-electron chi connectivity index (χ0n) is 10.0. The van der Waals surface area contributed by atoms with Gasteiger partial charge in [0.15, 0.2) is 0 Å². The van der Waals surface area contributed by atoms with Crippen molar-refractivity contribution < 1.29 is 5.11 Å². The number of nitrogens with zero attached hydrogens (tertiary/aromatic N) is 2. The number of allylic oxidation sites excluding steroid dienone is 3. The van der Waals surface area contributed by atoms with Gasteiger partial charge in [-0.25, -0.2) is 4.99 Å². The molecule has 2 heterocycles. The molecular formula is C14H15ClN2O. The van der Waals surface area contributed by atoms with Crippen LogP contribution in [0.1, 0.15) is 19.3 Å². The minimum Gasteiger partial charge on any atom is -0.508 e. The second-order valence-corrected chi connectivity index (χ2v) is 5.11. The fourth-order valence-electron chi connectivity index (χ4n) is 2.62. The number of halogens is 1. The molecule has 0 aromatic carbocycles. The van der Waals surface area contributed by atoms with Crippen LogP contribution in [0.15, 0.2) is 51.5 Å². The molecule has 0 radical (unpaired) electrons. The topological polar surface area (TPSA) is 35.8 Å². The molecule has 0 aromatic heterocycles. The lowest BCUT2D eigenvalue weighted by molar-refractivity contribution is 0.352. The molecule has 0 fully saturated rings. The molecule has 1 aliphatic carbocycles. The van der Waals surface area contributed by atoms with Crippen molar-refractivity contribution in [2.75, 3.05) is 6.54 Å². The van der Waals surface area contributed by atoms with Gasteiger partial charge in [-0.2, -0.15) is 0 Å². The second-order valence-electron chi connectivity index (χ2n) is 4.67. The molecule has 0 bridgehead atoms. The van der Waals surface area contributed by atoms with Gasteiger partial charge in [-0.05, 0) is 37.0 Å². The molecule has 18 heavy (non-hydrogen) atoms. The second kappa shape index (κ2) is 4.65. The Balaban J connectivity index is 1.91. The zero-order valence-corrected chi connectivity index (χ0v) is 10.8. The lowest BCUT2D eigenvalue weighted by Gasteiger charge is -2.28. The smallest absolute Gasteiger partial charge is 0.128 e. The number of hydrogen-bond donors (Lipinski definition) is 1. The first-order valence-electron chi connectivity index (χ1n) is 6.21. The normalized spacial score (nSPS) is 26.9. The summed E-state index contributed by atoms with van der Waals surface area (Å²) in [6, 6.07) is -0.0182. The average molecular weight is 263 g/mol. The molecule has 0 unspecified atom stereocenters. The van der Waals surface area contributed by atoms with Crippen LogP contribution in [-0.2, 0) is 0 Å². The Morgan fingerprint density at radius 3 is 3.17 bits per heavy atom. The Morgan fingerprint density at radius 1 is 1.39 bits per heavy atom. The molecule has 3 aliphatic rings. The summed E-state index contributed by atoms with van der Waals surface area (Å²) in [5, 5.41) is 10.2. The average Bonchev–Trinajstić information content (AvgIpc) is 2.70. The maximum atomic E-state index is 9.54. The highest BCUT2D eigenvalue weighted by molar-refractivity contribution is 6.30. The first kappa shape index (κ1) is 11.6. The first-order chi connectivity index (χ1) is 8.75. The SMILES string of the molecule is OC1=CC=C[C@@H](N2CCC3=C2N=CCC3)C(Cl)=C1.